The Labute approximate surface area is 246 Å². The van der Waals surface area contributed by atoms with Gasteiger partial charge in [-0.1, -0.05) is 92.0 Å². The van der Waals surface area contributed by atoms with Crippen LogP contribution < -0.4 is 10.6 Å². The van der Waals surface area contributed by atoms with Gasteiger partial charge in [0.1, 0.15) is 5.75 Å². The average molecular weight is 561 g/mol. The number of phenolic OH excluding ortho intramolecular Hbond substituents is 1. The predicted octanol–water partition coefficient (Wildman–Crippen LogP) is 7.45. The van der Waals surface area contributed by atoms with Crippen LogP contribution in [0.2, 0.25) is 0 Å². The molecule has 0 saturated carbocycles. The third kappa shape index (κ3) is 18.9. The molecule has 0 saturated heterocycles. The standard InChI is InChI=1S/C35H48N2O4/c1-3-4-5-6-7-8-9-10-11-12-13-14-15-16-17-18-19-20-21-28-34(40)37-30(2)32(38)27-24-29-36-35(41)31-25-22-23-26-33(31)39/h4-5,7-8,10-11,13-14,16-17,19-20,22-23,25-26,30,39H,3,6,9,12,15,18,21,24,27-29H2,1-2H3,(H,36,41)(H,37,40)/b5-4-,8-7-,11-10-,14-13-,17-16-,20-19-/t30-/m0/s1. The fourth-order valence-corrected chi connectivity index (χ4v) is 3.69. The van der Waals surface area contributed by atoms with Crippen molar-refractivity contribution in [3.05, 3.63) is 103 Å². The molecule has 6 heteroatoms. The van der Waals surface area contributed by atoms with Gasteiger partial charge in [-0.3, -0.25) is 14.4 Å². The van der Waals surface area contributed by atoms with Crippen molar-refractivity contribution in [1.29, 1.82) is 0 Å². The Morgan fingerprint density at radius 2 is 1.27 bits per heavy atom. The highest BCUT2D eigenvalue weighted by Gasteiger charge is 2.15. The van der Waals surface area contributed by atoms with Crippen molar-refractivity contribution in [2.75, 3.05) is 6.54 Å². The summed E-state index contributed by atoms with van der Waals surface area (Å²) in [7, 11) is 0. The Morgan fingerprint density at radius 3 is 1.80 bits per heavy atom. The van der Waals surface area contributed by atoms with Gasteiger partial charge in [-0.05, 0) is 70.4 Å². The van der Waals surface area contributed by atoms with Gasteiger partial charge in [0.2, 0.25) is 5.91 Å². The number of allylic oxidation sites excluding steroid dienone is 12. The minimum atomic E-state index is -0.568. The zero-order valence-electron chi connectivity index (χ0n) is 24.8. The smallest absolute Gasteiger partial charge is 0.255 e. The molecule has 0 unspecified atom stereocenters. The molecule has 0 aliphatic heterocycles. The van der Waals surface area contributed by atoms with E-state index >= 15 is 0 Å². The van der Waals surface area contributed by atoms with Crippen molar-refractivity contribution < 1.29 is 19.5 Å². The van der Waals surface area contributed by atoms with Gasteiger partial charge in [0, 0.05) is 19.4 Å². The van der Waals surface area contributed by atoms with Gasteiger partial charge in [0.15, 0.2) is 5.78 Å². The normalized spacial score (nSPS) is 12.9. The maximum atomic E-state index is 12.3. The molecule has 222 valence electrons. The van der Waals surface area contributed by atoms with E-state index in [1.165, 1.54) is 12.1 Å². The summed E-state index contributed by atoms with van der Waals surface area (Å²) in [5.41, 5.74) is 0.200. The average Bonchev–Trinajstić information content (AvgIpc) is 2.96. The number of phenols is 1. The summed E-state index contributed by atoms with van der Waals surface area (Å²) in [4.78, 5) is 36.5. The molecule has 0 aliphatic rings. The third-order valence-electron chi connectivity index (χ3n) is 6.03. The number of benzene rings is 1. The highest BCUT2D eigenvalue weighted by Crippen LogP contribution is 2.15. The second-order valence-corrected chi connectivity index (χ2v) is 9.59. The lowest BCUT2D eigenvalue weighted by Gasteiger charge is -2.13. The Morgan fingerprint density at radius 1 is 0.756 bits per heavy atom. The highest BCUT2D eigenvalue weighted by molar-refractivity contribution is 5.96. The van der Waals surface area contributed by atoms with Crippen LogP contribution in [0.3, 0.4) is 0 Å². The number of amides is 2. The topological polar surface area (TPSA) is 95.5 Å². The van der Waals surface area contributed by atoms with Crippen LogP contribution in [0, 0.1) is 0 Å². The predicted molar refractivity (Wildman–Crippen MR) is 170 cm³/mol. The molecular formula is C35H48N2O4. The summed E-state index contributed by atoms with van der Waals surface area (Å²) in [5, 5.41) is 15.2. The second kappa shape index (κ2) is 23.9. The molecule has 1 aromatic carbocycles. The largest absolute Gasteiger partial charge is 0.507 e. The zero-order valence-corrected chi connectivity index (χ0v) is 24.8. The first-order valence-corrected chi connectivity index (χ1v) is 14.7. The van der Waals surface area contributed by atoms with E-state index in [1.54, 1.807) is 19.1 Å². The number of hydrogen-bond donors (Lipinski definition) is 3. The summed E-state index contributed by atoms with van der Waals surface area (Å²) in [6, 6.07) is 5.73. The first kappa shape index (κ1) is 35.1. The van der Waals surface area contributed by atoms with Gasteiger partial charge in [-0.2, -0.15) is 0 Å². The number of nitrogens with one attached hydrogen (secondary N) is 2. The molecule has 1 atom stereocenters. The quantitative estimate of drug-likeness (QED) is 0.107. The van der Waals surface area contributed by atoms with Crippen LogP contribution in [0.25, 0.3) is 0 Å². The van der Waals surface area contributed by atoms with Gasteiger partial charge in [-0.25, -0.2) is 0 Å². The van der Waals surface area contributed by atoms with E-state index in [0.717, 1.165) is 38.5 Å². The molecule has 41 heavy (non-hydrogen) atoms. The molecular weight excluding hydrogens is 512 g/mol. The van der Waals surface area contributed by atoms with Crippen LogP contribution >= 0.6 is 0 Å². The summed E-state index contributed by atoms with van der Waals surface area (Å²) < 4.78 is 0. The summed E-state index contributed by atoms with van der Waals surface area (Å²) in [5.74, 6) is -0.699. The number of carbonyl (C=O) groups excluding carboxylic acids is 3. The first-order chi connectivity index (χ1) is 20.0. The molecule has 1 aromatic rings. The molecule has 0 heterocycles. The molecule has 0 aliphatic carbocycles. The molecule has 3 N–H and O–H groups in total. The summed E-state index contributed by atoms with van der Waals surface area (Å²) in [6.07, 6.45) is 33.2. The number of aromatic hydroxyl groups is 1. The number of ketones is 1. The lowest BCUT2D eigenvalue weighted by Crippen LogP contribution is -2.38. The van der Waals surface area contributed by atoms with Crippen LogP contribution in [-0.4, -0.2) is 35.3 Å². The number of rotatable bonds is 21. The number of Topliss-reactive ketones (excluding diaryl/α,β-unsaturated/α-hetero) is 1. The Balaban J connectivity index is 2.07. The Kier molecular flexibility index (Phi) is 20.5. The van der Waals surface area contributed by atoms with Crippen molar-refractivity contribution in [2.45, 2.75) is 84.1 Å². The lowest BCUT2D eigenvalue weighted by molar-refractivity contribution is -0.127. The van der Waals surface area contributed by atoms with E-state index < -0.39 is 6.04 Å². The van der Waals surface area contributed by atoms with Crippen LogP contribution in [0.5, 0.6) is 5.75 Å². The number of carbonyl (C=O) groups is 3. The van der Waals surface area contributed by atoms with Crippen molar-refractivity contribution in [2.24, 2.45) is 0 Å². The van der Waals surface area contributed by atoms with Crippen molar-refractivity contribution in [3.63, 3.8) is 0 Å². The van der Waals surface area contributed by atoms with E-state index in [9.17, 15) is 19.5 Å². The van der Waals surface area contributed by atoms with Crippen molar-refractivity contribution in [3.8, 4) is 5.75 Å². The van der Waals surface area contributed by atoms with Crippen LogP contribution in [0.1, 0.15) is 88.4 Å². The summed E-state index contributed by atoms with van der Waals surface area (Å²) in [6.45, 7) is 4.13. The fourth-order valence-electron chi connectivity index (χ4n) is 3.69. The summed E-state index contributed by atoms with van der Waals surface area (Å²) >= 11 is 0. The molecule has 2 amide bonds. The molecule has 0 radical (unpaired) electrons. The molecule has 0 spiro atoms. The highest BCUT2D eigenvalue weighted by atomic mass is 16.3. The molecule has 6 nitrogen and oxygen atoms in total. The molecule has 0 bridgehead atoms. The van der Waals surface area contributed by atoms with E-state index in [1.807, 2.05) is 12.2 Å². The SMILES string of the molecule is CC/C=C\C/C=C\C/C=C\C/C=C\C/C=C\C/C=C\CCC(=O)N[C@@H](C)C(=O)CCCNC(=O)c1ccccc1O. The molecule has 0 fully saturated rings. The first-order valence-electron chi connectivity index (χ1n) is 14.7. The third-order valence-corrected chi connectivity index (χ3v) is 6.03. The van der Waals surface area contributed by atoms with Crippen molar-refractivity contribution in [1.82, 2.24) is 10.6 Å². The van der Waals surface area contributed by atoms with Crippen LogP contribution in [0.15, 0.2) is 97.2 Å². The monoisotopic (exact) mass is 560 g/mol. The molecule has 1 rings (SSSR count). The number of hydrogen-bond acceptors (Lipinski definition) is 4. The zero-order chi connectivity index (χ0) is 30.0. The van der Waals surface area contributed by atoms with Gasteiger partial charge < -0.3 is 15.7 Å². The van der Waals surface area contributed by atoms with E-state index in [4.69, 9.17) is 0 Å². The Hall–Kier alpha value is -3.93. The van der Waals surface area contributed by atoms with Gasteiger partial charge in [-0.15, -0.1) is 0 Å². The number of para-hydroxylation sites is 1. The van der Waals surface area contributed by atoms with Gasteiger partial charge in [0.05, 0.1) is 11.6 Å². The lowest BCUT2D eigenvalue weighted by atomic mass is 10.1. The van der Waals surface area contributed by atoms with E-state index in [2.05, 4.69) is 78.3 Å². The van der Waals surface area contributed by atoms with Crippen molar-refractivity contribution >= 4 is 17.6 Å². The maximum absolute atomic E-state index is 12.3. The minimum absolute atomic E-state index is 0.0795. The maximum Gasteiger partial charge on any atom is 0.255 e. The van der Waals surface area contributed by atoms with Gasteiger partial charge >= 0.3 is 0 Å². The fraction of sp³-hybridized carbons (Fsp3) is 0.400. The van der Waals surface area contributed by atoms with Gasteiger partial charge in [0.25, 0.3) is 5.91 Å². The second-order valence-electron chi connectivity index (χ2n) is 9.59. The minimum Gasteiger partial charge on any atom is -0.507 e. The van der Waals surface area contributed by atoms with E-state index in [-0.39, 0.29) is 35.3 Å². The van der Waals surface area contributed by atoms with Crippen LogP contribution in [0.4, 0.5) is 0 Å². The van der Waals surface area contributed by atoms with E-state index in [0.29, 0.717) is 25.8 Å². The molecule has 0 aromatic heterocycles. The van der Waals surface area contributed by atoms with Crippen LogP contribution in [-0.2, 0) is 9.59 Å². The Bertz CT molecular complexity index is 1080.